The van der Waals surface area contributed by atoms with Crippen molar-refractivity contribution < 1.29 is 14.1 Å². The number of hydrogen-bond acceptors (Lipinski definition) is 7. The molecule has 0 saturated heterocycles. The van der Waals surface area contributed by atoms with Crippen molar-refractivity contribution in [1.29, 1.82) is 0 Å². The molecule has 0 amide bonds. The van der Waals surface area contributed by atoms with Crippen molar-refractivity contribution in [3.8, 4) is 10.7 Å². The molecule has 0 spiro atoms. The average molecular weight is 295 g/mol. The lowest BCUT2D eigenvalue weighted by Gasteiger charge is -2.13. The van der Waals surface area contributed by atoms with Crippen LogP contribution in [0.4, 0.5) is 0 Å². The van der Waals surface area contributed by atoms with Crippen molar-refractivity contribution in [3.05, 3.63) is 17.6 Å². The molecule has 2 heterocycles. The van der Waals surface area contributed by atoms with Gasteiger partial charge in [-0.3, -0.25) is 9.78 Å². The van der Waals surface area contributed by atoms with Gasteiger partial charge in [-0.15, -0.1) is 11.3 Å². The number of rotatable bonds is 6. The molecule has 2 aromatic rings. The standard InChI is InChI=1S/C13H17N3O3S/c1-4-18-13(17)9(5-8(2)3)12-15-11(16-19-12)10-6-14-7-20-10/h6-9H,4-5H2,1-3H3. The molecular formula is C13H17N3O3S. The molecule has 7 heteroatoms. The number of esters is 1. The number of nitrogens with zero attached hydrogens (tertiary/aromatic N) is 3. The van der Waals surface area contributed by atoms with Gasteiger partial charge in [-0.25, -0.2) is 0 Å². The van der Waals surface area contributed by atoms with Crippen LogP contribution in [0.25, 0.3) is 10.7 Å². The Morgan fingerprint density at radius 2 is 2.30 bits per heavy atom. The van der Waals surface area contributed by atoms with E-state index in [-0.39, 0.29) is 5.97 Å². The smallest absolute Gasteiger partial charge is 0.318 e. The van der Waals surface area contributed by atoms with Crippen LogP contribution in [0.3, 0.4) is 0 Å². The van der Waals surface area contributed by atoms with E-state index < -0.39 is 5.92 Å². The number of carbonyl (C=O) groups excluding carboxylic acids is 1. The van der Waals surface area contributed by atoms with Gasteiger partial charge >= 0.3 is 5.97 Å². The summed E-state index contributed by atoms with van der Waals surface area (Å²) in [6, 6.07) is 0. The Morgan fingerprint density at radius 1 is 1.50 bits per heavy atom. The van der Waals surface area contributed by atoms with Crippen molar-refractivity contribution in [2.75, 3.05) is 6.61 Å². The first-order valence-electron chi connectivity index (χ1n) is 6.50. The van der Waals surface area contributed by atoms with Gasteiger partial charge in [0.05, 0.1) is 17.0 Å². The normalized spacial score (nSPS) is 12.6. The van der Waals surface area contributed by atoms with Gasteiger partial charge in [0.1, 0.15) is 5.92 Å². The minimum absolute atomic E-state index is 0.306. The fourth-order valence-electron chi connectivity index (χ4n) is 1.82. The minimum Gasteiger partial charge on any atom is -0.465 e. The summed E-state index contributed by atoms with van der Waals surface area (Å²) >= 11 is 1.42. The van der Waals surface area contributed by atoms with E-state index in [4.69, 9.17) is 9.26 Å². The highest BCUT2D eigenvalue weighted by Crippen LogP contribution is 2.27. The Bertz CT molecular complexity index is 551. The molecule has 6 nitrogen and oxygen atoms in total. The lowest BCUT2D eigenvalue weighted by molar-refractivity contribution is -0.146. The fraction of sp³-hybridized carbons (Fsp3) is 0.538. The molecule has 20 heavy (non-hydrogen) atoms. The highest BCUT2D eigenvalue weighted by molar-refractivity contribution is 7.13. The van der Waals surface area contributed by atoms with Crippen LogP contribution in [0.5, 0.6) is 0 Å². The van der Waals surface area contributed by atoms with E-state index in [2.05, 4.69) is 15.1 Å². The van der Waals surface area contributed by atoms with Crippen LogP contribution in [0.1, 0.15) is 39.0 Å². The molecule has 2 rings (SSSR count). The van der Waals surface area contributed by atoms with Crippen LogP contribution < -0.4 is 0 Å². The minimum atomic E-state index is -0.510. The topological polar surface area (TPSA) is 78.1 Å². The second-order valence-electron chi connectivity index (χ2n) is 4.76. The van der Waals surface area contributed by atoms with E-state index >= 15 is 0 Å². The van der Waals surface area contributed by atoms with Gasteiger partial charge in [0.25, 0.3) is 0 Å². The van der Waals surface area contributed by atoms with E-state index in [1.54, 1.807) is 18.6 Å². The molecule has 1 unspecified atom stereocenters. The SMILES string of the molecule is CCOC(=O)C(CC(C)C)c1nc(-c2cncs2)no1. The van der Waals surface area contributed by atoms with Gasteiger partial charge in [-0.2, -0.15) is 4.98 Å². The van der Waals surface area contributed by atoms with Gasteiger partial charge < -0.3 is 9.26 Å². The summed E-state index contributed by atoms with van der Waals surface area (Å²) in [5.74, 6) is 0.258. The van der Waals surface area contributed by atoms with Gasteiger partial charge in [-0.1, -0.05) is 19.0 Å². The molecule has 0 saturated carbocycles. The van der Waals surface area contributed by atoms with Crippen LogP contribution in [-0.2, 0) is 9.53 Å². The van der Waals surface area contributed by atoms with Crippen molar-refractivity contribution in [3.63, 3.8) is 0 Å². The zero-order valence-corrected chi connectivity index (χ0v) is 12.5. The Morgan fingerprint density at radius 3 is 2.90 bits per heavy atom. The maximum atomic E-state index is 12.0. The Kier molecular flexibility index (Phi) is 4.84. The molecule has 0 aliphatic rings. The van der Waals surface area contributed by atoms with Crippen molar-refractivity contribution in [2.24, 2.45) is 5.92 Å². The molecule has 2 aromatic heterocycles. The molecule has 108 valence electrons. The second kappa shape index (κ2) is 6.60. The molecule has 1 atom stereocenters. The summed E-state index contributed by atoms with van der Waals surface area (Å²) in [7, 11) is 0. The molecular weight excluding hydrogens is 278 g/mol. The second-order valence-corrected chi connectivity index (χ2v) is 5.64. The molecule has 0 aliphatic carbocycles. The third kappa shape index (κ3) is 3.41. The van der Waals surface area contributed by atoms with E-state index in [0.717, 1.165) is 4.88 Å². The number of carbonyl (C=O) groups is 1. The summed E-state index contributed by atoms with van der Waals surface area (Å²) in [4.78, 5) is 21.1. The third-order valence-electron chi connectivity index (χ3n) is 2.67. The number of aromatic nitrogens is 3. The van der Waals surface area contributed by atoms with Crippen LogP contribution in [0, 0.1) is 5.92 Å². The fourth-order valence-corrected chi connectivity index (χ4v) is 2.36. The van der Waals surface area contributed by atoms with E-state index in [0.29, 0.717) is 30.7 Å². The zero-order valence-electron chi connectivity index (χ0n) is 11.7. The first-order valence-corrected chi connectivity index (χ1v) is 7.38. The van der Waals surface area contributed by atoms with Gasteiger partial charge in [0.15, 0.2) is 0 Å². The van der Waals surface area contributed by atoms with E-state index in [1.807, 2.05) is 13.8 Å². The molecule has 0 aliphatic heterocycles. The largest absolute Gasteiger partial charge is 0.465 e. The van der Waals surface area contributed by atoms with E-state index in [1.165, 1.54) is 11.3 Å². The maximum absolute atomic E-state index is 12.0. The predicted octanol–water partition coefficient (Wildman–Crippen LogP) is 2.89. The van der Waals surface area contributed by atoms with Crippen LogP contribution >= 0.6 is 11.3 Å². The van der Waals surface area contributed by atoms with Gasteiger partial charge in [-0.05, 0) is 19.3 Å². The van der Waals surface area contributed by atoms with Crippen LogP contribution in [0.2, 0.25) is 0 Å². The van der Waals surface area contributed by atoms with Crippen molar-refractivity contribution >= 4 is 17.3 Å². The summed E-state index contributed by atoms with van der Waals surface area (Å²) in [5.41, 5.74) is 1.70. The molecule has 0 N–H and O–H groups in total. The molecule has 0 aromatic carbocycles. The summed E-state index contributed by atoms with van der Waals surface area (Å²) < 4.78 is 10.3. The Labute approximate surface area is 121 Å². The summed E-state index contributed by atoms with van der Waals surface area (Å²) in [6.07, 6.45) is 2.28. The molecule has 0 radical (unpaired) electrons. The van der Waals surface area contributed by atoms with Crippen molar-refractivity contribution in [2.45, 2.75) is 33.1 Å². The first kappa shape index (κ1) is 14.6. The number of hydrogen-bond donors (Lipinski definition) is 0. The molecule has 0 fully saturated rings. The Hall–Kier alpha value is -1.76. The van der Waals surface area contributed by atoms with Gasteiger partial charge in [0.2, 0.25) is 11.7 Å². The maximum Gasteiger partial charge on any atom is 0.318 e. The summed E-state index contributed by atoms with van der Waals surface area (Å²) in [6.45, 7) is 6.18. The molecule has 0 bridgehead atoms. The lowest BCUT2D eigenvalue weighted by atomic mass is 9.97. The highest BCUT2D eigenvalue weighted by Gasteiger charge is 2.29. The third-order valence-corrected chi connectivity index (χ3v) is 3.44. The number of ether oxygens (including phenoxy) is 1. The highest BCUT2D eigenvalue weighted by atomic mass is 32.1. The summed E-state index contributed by atoms with van der Waals surface area (Å²) in [5, 5.41) is 3.91. The first-order chi connectivity index (χ1) is 9.61. The number of thiazole rings is 1. The average Bonchev–Trinajstić information content (AvgIpc) is 3.06. The zero-order chi connectivity index (χ0) is 14.5. The Balaban J connectivity index is 2.22. The van der Waals surface area contributed by atoms with Crippen LogP contribution in [-0.4, -0.2) is 27.7 Å². The predicted molar refractivity (Wildman–Crippen MR) is 74.2 cm³/mol. The monoisotopic (exact) mass is 295 g/mol. The van der Waals surface area contributed by atoms with Gasteiger partial charge in [0, 0.05) is 6.20 Å². The lowest BCUT2D eigenvalue weighted by Crippen LogP contribution is -2.18. The quantitative estimate of drug-likeness (QED) is 0.762. The van der Waals surface area contributed by atoms with Crippen molar-refractivity contribution in [1.82, 2.24) is 15.1 Å². The van der Waals surface area contributed by atoms with E-state index in [9.17, 15) is 4.79 Å². The van der Waals surface area contributed by atoms with Crippen LogP contribution in [0.15, 0.2) is 16.2 Å².